The van der Waals surface area contributed by atoms with Crippen molar-refractivity contribution in [3.8, 4) is 0 Å². The molecule has 0 aliphatic heterocycles. The molecule has 24 heavy (non-hydrogen) atoms. The van der Waals surface area contributed by atoms with Crippen LogP contribution in [0.3, 0.4) is 0 Å². The molecular weight excluding hydrogens is 338 g/mol. The van der Waals surface area contributed by atoms with E-state index in [1.54, 1.807) is 6.07 Å². The zero-order valence-corrected chi connectivity index (χ0v) is 14.1. The fourth-order valence-electron chi connectivity index (χ4n) is 2.17. The van der Waals surface area contributed by atoms with Crippen LogP contribution in [0.2, 0.25) is 0 Å². The molecule has 9 heteroatoms. The number of aliphatic hydroxyl groups excluding tert-OH is 2. The van der Waals surface area contributed by atoms with E-state index in [1.165, 1.54) is 12.1 Å². The fourth-order valence-corrected chi connectivity index (χ4v) is 2.17. The lowest BCUT2D eigenvalue weighted by Gasteiger charge is -2.13. The van der Waals surface area contributed by atoms with Crippen molar-refractivity contribution in [2.45, 2.75) is 51.5 Å². The molecule has 1 aromatic rings. The Kier molecular flexibility index (Phi) is 10.9. The molecule has 0 saturated carbocycles. The number of hydrogen-bond donors (Lipinski definition) is 4. The summed E-state index contributed by atoms with van der Waals surface area (Å²) >= 11 is 0. The van der Waals surface area contributed by atoms with Crippen molar-refractivity contribution >= 4 is 24.0 Å². The molecule has 0 bridgehead atoms. The minimum absolute atomic E-state index is 0. The highest BCUT2D eigenvalue weighted by Gasteiger charge is 2.14. The number of unbranched alkanes of at least 4 members (excludes halogenated alkanes) is 2. The van der Waals surface area contributed by atoms with Crippen LogP contribution in [0, 0.1) is 10.1 Å². The van der Waals surface area contributed by atoms with Crippen LogP contribution in [-0.4, -0.2) is 27.3 Å². The standard InChI is InChI=1S/C15H23N3O5.ClH/c16-14(20)4-2-1-3-5-15(21)17-9-11-6-7-12(10-19)13(8-11)18(22)23;/h6-8,15,17,19,21H,1-5,9-10H2,(H2,16,20);1H. The Morgan fingerprint density at radius 3 is 2.62 bits per heavy atom. The SMILES string of the molecule is Cl.NC(=O)CCCCCC(O)NCc1ccc(CO)c([N+](=O)[O-])c1. The lowest BCUT2D eigenvalue weighted by atomic mass is 10.1. The number of nitrogens with one attached hydrogen (secondary N) is 1. The maximum atomic E-state index is 10.9. The third-order valence-electron chi connectivity index (χ3n) is 3.46. The van der Waals surface area contributed by atoms with Gasteiger partial charge < -0.3 is 15.9 Å². The molecule has 0 radical (unpaired) electrons. The summed E-state index contributed by atoms with van der Waals surface area (Å²) in [6.07, 6.45) is 2.42. The van der Waals surface area contributed by atoms with Gasteiger partial charge in [-0.3, -0.25) is 20.2 Å². The molecule has 1 aromatic carbocycles. The number of halogens is 1. The zero-order chi connectivity index (χ0) is 17.2. The molecule has 0 aliphatic rings. The Balaban J connectivity index is 0.00000529. The molecule has 0 aliphatic carbocycles. The number of carbonyl (C=O) groups excluding carboxylic acids is 1. The Labute approximate surface area is 146 Å². The van der Waals surface area contributed by atoms with Gasteiger partial charge in [0.1, 0.15) is 6.23 Å². The molecule has 1 atom stereocenters. The van der Waals surface area contributed by atoms with E-state index in [0.717, 1.165) is 12.8 Å². The van der Waals surface area contributed by atoms with Crippen molar-refractivity contribution in [2.24, 2.45) is 5.73 Å². The number of nitrogens with two attached hydrogens (primary N) is 1. The smallest absolute Gasteiger partial charge is 0.275 e. The van der Waals surface area contributed by atoms with E-state index in [1.807, 2.05) is 0 Å². The minimum Gasteiger partial charge on any atom is -0.391 e. The summed E-state index contributed by atoms with van der Waals surface area (Å²) in [6, 6.07) is 4.56. The summed E-state index contributed by atoms with van der Waals surface area (Å²) in [5, 5.41) is 32.7. The monoisotopic (exact) mass is 361 g/mol. The lowest BCUT2D eigenvalue weighted by Crippen LogP contribution is -2.28. The first-order valence-corrected chi connectivity index (χ1v) is 7.51. The van der Waals surface area contributed by atoms with E-state index in [2.05, 4.69) is 5.32 Å². The predicted octanol–water partition coefficient (Wildman–Crippen LogP) is 1.35. The Morgan fingerprint density at radius 1 is 1.33 bits per heavy atom. The highest BCUT2D eigenvalue weighted by atomic mass is 35.5. The van der Waals surface area contributed by atoms with Crippen LogP contribution in [0.4, 0.5) is 5.69 Å². The first-order chi connectivity index (χ1) is 10.9. The Hall–Kier alpha value is -1.74. The van der Waals surface area contributed by atoms with Gasteiger partial charge in [-0.15, -0.1) is 12.4 Å². The second-order valence-electron chi connectivity index (χ2n) is 5.34. The molecule has 0 aromatic heterocycles. The van der Waals surface area contributed by atoms with E-state index >= 15 is 0 Å². The number of nitrogens with zero attached hydrogens (tertiary/aromatic N) is 1. The quantitative estimate of drug-likeness (QED) is 0.203. The third kappa shape index (κ3) is 8.21. The molecule has 0 spiro atoms. The summed E-state index contributed by atoms with van der Waals surface area (Å²) in [4.78, 5) is 20.9. The van der Waals surface area contributed by atoms with Gasteiger partial charge in [-0.1, -0.05) is 12.5 Å². The highest BCUT2D eigenvalue weighted by molar-refractivity contribution is 5.85. The van der Waals surface area contributed by atoms with Crippen molar-refractivity contribution in [1.29, 1.82) is 0 Å². The number of amides is 1. The van der Waals surface area contributed by atoms with Gasteiger partial charge >= 0.3 is 0 Å². The number of primary amides is 1. The summed E-state index contributed by atoms with van der Waals surface area (Å²) in [7, 11) is 0. The van der Waals surface area contributed by atoms with Crippen LogP contribution in [0.15, 0.2) is 18.2 Å². The average molecular weight is 362 g/mol. The molecule has 0 heterocycles. The van der Waals surface area contributed by atoms with E-state index in [0.29, 0.717) is 24.8 Å². The average Bonchev–Trinajstić information content (AvgIpc) is 2.51. The summed E-state index contributed by atoms with van der Waals surface area (Å²) in [5.41, 5.74) is 5.82. The Morgan fingerprint density at radius 2 is 2.04 bits per heavy atom. The number of hydrogen-bond acceptors (Lipinski definition) is 6. The molecule has 5 N–H and O–H groups in total. The van der Waals surface area contributed by atoms with Gasteiger partial charge in [-0.2, -0.15) is 0 Å². The normalized spacial score (nSPS) is 11.6. The van der Waals surface area contributed by atoms with Crippen molar-refractivity contribution < 1.29 is 19.9 Å². The van der Waals surface area contributed by atoms with Gasteiger partial charge in [0.25, 0.3) is 5.69 Å². The van der Waals surface area contributed by atoms with Crippen LogP contribution >= 0.6 is 12.4 Å². The van der Waals surface area contributed by atoms with Crippen LogP contribution in [0.25, 0.3) is 0 Å². The molecule has 1 amide bonds. The van der Waals surface area contributed by atoms with E-state index in [4.69, 9.17) is 10.8 Å². The van der Waals surface area contributed by atoms with Crippen LogP contribution < -0.4 is 11.1 Å². The van der Waals surface area contributed by atoms with Crippen molar-refractivity contribution in [3.63, 3.8) is 0 Å². The summed E-state index contributed by atoms with van der Waals surface area (Å²) in [6.45, 7) is -0.104. The number of nitro benzene ring substituents is 1. The first-order valence-electron chi connectivity index (χ1n) is 7.51. The number of aliphatic hydroxyl groups is 2. The van der Waals surface area contributed by atoms with Gasteiger partial charge in [0.05, 0.1) is 17.1 Å². The maximum absolute atomic E-state index is 10.9. The van der Waals surface area contributed by atoms with Crippen molar-refractivity contribution in [2.75, 3.05) is 0 Å². The molecule has 0 saturated heterocycles. The molecule has 1 unspecified atom stereocenters. The lowest BCUT2D eigenvalue weighted by molar-refractivity contribution is -0.385. The first kappa shape index (κ1) is 22.3. The molecule has 8 nitrogen and oxygen atoms in total. The maximum Gasteiger partial charge on any atom is 0.275 e. The minimum atomic E-state index is -0.722. The third-order valence-corrected chi connectivity index (χ3v) is 3.46. The number of nitro groups is 1. The number of rotatable bonds is 11. The zero-order valence-electron chi connectivity index (χ0n) is 13.3. The predicted molar refractivity (Wildman–Crippen MR) is 91.4 cm³/mol. The van der Waals surface area contributed by atoms with Crippen LogP contribution in [0.5, 0.6) is 0 Å². The largest absolute Gasteiger partial charge is 0.391 e. The molecule has 0 fully saturated rings. The Bertz CT molecular complexity index is 542. The summed E-state index contributed by atoms with van der Waals surface area (Å²) in [5.74, 6) is -0.323. The second kappa shape index (κ2) is 11.7. The van der Waals surface area contributed by atoms with Gasteiger partial charge in [0.2, 0.25) is 5.91 Å². The van der Waals surface area contributed by atoms with Gasteiger partial charge in [0, 0.05) is 19.0 Å². The van der Waals surface area contributed by atoms with Gasteiger partial charge in [-0.25, -0.2) is 0 Å². The van der Waals surface area contributed by atoms with Crippen molar-refractivity contribution in [3.05, 3.63) is 39.4 Å². The van der Waals surface area contributed by atoms with E-state index < -0.39 is 17.8 Å². The fraction of sp³-hybridized carbons (Fsp3) is 0.533. The molecule has 1 rings (SSSR count). The topological polar surface area (TPSA) is 139 Å². The van der Waals surface area contributed by atoms with Crippen LogP contribution in [0.1, 0.15) is 43.2 Å². The van der Waals surface area contributed by atoms with Gasteiger partial charge in [0.15, 0.2) is 0 Å². The number of carbonyl (C=O) groups is 1. The molecule has 136 valence electrons. The second-order valence-corrected chi connectivity index (χ2v) is 5.34. The van der Waals surface area contributed by atoms with E-state index in [-0.39, 0.29) is 36.1 Å². The van der Waals surface area contributed by atoms with Gasteiger partial charge in [-0.05, 0) is 30.9 Å². The highest BCUT2D eigenvalue weighted by Crippen LogP contribution is 2.20. The van der Waals surface area contributed by atoms with E-state index in [9.17, 15) is 20.0 Å². The number of benzene rings is 1. The van der Waals surface area contributed by atoms with Crippen LogP contribution in [-0.2, 0) is 17.9 Å². The van der Waals surface area contributed by atoms with Crippen molar-refractivity contribution in [1.82, 2.24) is 5.32 Å². The molecular formula is C15H24ClN3O5. The summed E-state index contributed by atoms with van der Waals surface area (Å²) < 4.78 is 0.